The van der Waals surface area contributed by atoms with Crippen LogP contribution in [0.1, 0.15) is 6.92 Å². The van der Waals surface area contributed by atoms with Crippen LogP contribution in [0.2, 0.25) is 5.28 Å². The molecule has 0 radical (unpaired) electrons. The third-order valence-electron chi connectivity index (χ3n) is 2.41. The van der Waals surface area contributed by atoms with Crippen molar-refractivity contribution in [3.63, 3.8) is 0 Å². The van der Waals surface area contributed by atoms with E-state index in [1.165, 1.54) is 0 Å². The van der Waals surface area contributed by atoms with E-state index < -0.39 is 0 Å². The van der Waals surface area contributed by atoms with Crippen molar-refractivity contribution in [2.45, 2.75) is 13.0 Å². The molecule has 1 aromatic heterocycles. The maximum Gasteiger partial charge on any atom is 0.224 e. The van der Waals surface area contributed by atoms with Gasteiger partial charge in [-0.1, -0.05) is 0 Å². The van der Waals surface area contributed by atoms with Gasteiger partial charge in [0, 0.05) is 31.9 Å². The lowest BCUT2D eigenvalue weighted by atomic mass is 10.2. The molecule has 0 aromatic carbocycles. The Bertz CT molecular complexity index is 321. The molecule has 1 atom stereocenters. The first-order valence-corrected chi connectivity index (χ1v) is 5.11. The average Bonchev–Trinajstić information content (AvgIpc) is 2.18. The first-order chi connectivity index (χ1) is 6.77. The molecule has 1 aliphatic heterocycles. The highest BCUT2D eigenvalue weighted by Gasteiger charge is 2.19. The highest BCUT2D eigenvalue weighted by molar-refractivity contribution is 6.28. The molecular weight excluding hydrogens is 235 g/mol. The number of piperazine rings is 1. The van der Waals surface area contributed by atoms with E-state index in [9.17, 15) is 0 Å². The summed E-state index contributed by atoms with van der Waals surface area (Å²) in [6, 6.07) is 2.35. The Labute approximate surface area is 100 Å². The lowest BCUT2D eigenvalue weighted by Gasteiger charge is -2.34. The topological polar surface area (TPSA) is 41.0 Å². The van der Waals surface area contributed by atoms with Gasteiger partial charge in [-0.15, -0.1) is 12.4 Å². The van der Waals surface area contributed by atoms with Crippen LogP contribution in [0.15, 0.2) is 12.3 Å². The molecule has 84 valence electrons. The van der Waals surface area contributed by atoms with Gasteiger partial charge in [-0.2, -0.15) is 0 Å². The van der Waals surface area contributed by atoms with Crippen LogP contribution in [0, 0.1) is 0 Å². The van der Waals surface area contributed by atoms with Crippen molar-refractivity contribution in [1.29, 1.82) is 0 Å². The summed E-state index contributed by atoms with van der Waals surface area (Å²) < 4.78 is 0. The zero-order chi connectivity index (χ0) is 9.97. The Kier molecular flexibility index (Phi) is 4.57. The van der Waals surface area contributed by atoms with Gasteiger partial charge in [-0.25, -0.2) is 9.97 Å². The third kappa shape index (κ3) is 2.93. The van der Waals surface area contributed by atoms with Crippen molar-refractivity contribution in [3.8, 4) is 0 Å². The van der Waals surface area contributed by atoms with Crippen molar-refractivity contribution in [1.82, 2.24) is 15.3 Å². The predicted molar refractivity (Wildman–Crippen MR) is 64.0 cm³/mol. The van der Waals surface area contributed by atoms with E-state index in [0.717, 1.165) is 25.5 Å². The highest BCUT2D eigenvalue weighted by atomic mass is 35.5. The molecule has 0 spiro atoms. The van der Waals surface area contributed by atoms with E-state index in [4.69, 9.17) is 11.6 Å². The van der Waals surface area contributed by atoms with E-state index in [2.05, 4.69) is 27.1 Å². The number of nitrogens with one attached hydrogen (secondary N) is 1. The van der Waals surface area contributed by atoms with Gasteiger partial charge in [0.25, 0.3) is 0 Å². The maximum absolute atomic E-state index is 5.75. The largest absolute Gasteiger partial charge is 0.351 e. The lowest BCUT2D eigenvalue weighted by Crippen LogP contribution is -2.50. The monoisotopic (exact) mass is 248 g/mol. The molecule has 4 nitrogen and oxygen atoms in total. The molecule has 1 aliphatic rings. The quantitative estimate of drug-likeness (QED) is 0.763. The van der Waals surface area contributed by atoms with Crippen LogP contribution in [-0.2, 0) is 0 Å². The molecule has 1 N–H and O–H groups in total. The molecule has 0 bridgehead atoms. The summed E-state index contributed by atoms with van der Waals surface area (Å²) in [5, 5.41) is 3.64. The molecule has 2 heterocycles. The van der Waals surface area contributed by atoms with Gasteiger partial charge in [-0.3, -0.25) is 0 Å². The van der Waals surface area contributed by atoms with Crippen molar-refractivity contribution < 1.29 is 0 Å². The SMILES string of the molecule is CC1CNCCN1c1ccnc(Cl)n1.Cl. The number of halogens is 2. The number of hydrogen-bond acceptors (Lipinski definition) is 4. The molecule has 1 fully saturated rings. The summed E-state index contributed by atoms with van der Waals surface area (Å²) >= 11 is 5.75. The zero-order valence-corrected chi connectivity index (χ0v) is 10.1. The Balaban J connectivity index is 0.00000112. The van der Waals surface area contributed by atoms with E-state index in [-0.39, 0.29) is 12.4 Å². The van der Waals surface area contributed by atoms with Crippen LogP contribution in [-0.4, -0.2) is 35.6 Å². The van der Waals surface area contributed by atoms with Crippen LogP contribution in [0.25, 0.3) is 0 Å². The van der Waals surface area contributed by atoms with Crippen LogP contribution < -0.4 is 10.2 Å². The first-order valence-electron chi connectivity index (χ1n) is 4.73. The van der Waals surface area contributed by atoms with Gasteiger partial charge < -0.3 is 10.2 Å². The Morgan fingerprint density at radius 2 is 2.40 bits per heavy atom. The summed E-state index contributed by atoms with van der Waals surface area (Å²) in [6.45, 7) is 5.12. The smallest absolute Gasteiger partial charge is 0.224 e. The molecule has 0 amide bonds. The number of aromatic nitrogens is 2. The second-order valence-corrected chi connectivity index (χ2v) is 3.77. The van der Waals surface area contributed by atoms with Gasteiger partial charge in [0.1, 0.15) is 5.82 Å². The summed E-state index contributed by atoms with van der Waals surface area (Å²) in [4.78, 5) is 10.3. The standard InChI is InChI=1S/C9H13ClN4.ClH/c1-7-6-11-4-5-14(7)8-2-3-12-9(10)13-8;/h2-3,7,11H,4-6H2,1H3;1H. The minimum absolute atomic E-state index is 0. The Hall–Kier alpha value is -0.580. The van der Waals surface area contributed by atoms with Gasteiger partial charge in [0.05, 0.1) is 0 Å². The third-order valence-corrected chi connectivity index (χ3v) is 2.59. The van der Waals surface area contributed by atoms with Crippen molar-refractivity contribution in [2.24, 2.45) is 0 Å². The highest BCUT2D eigenvalue weighted by Crippen LogP contribution is 2.16. The van der Waals surface area contributed by atoms with Crippen LogP contribution in [0.5, 0.6) is 0 Å². The molecule has 1 aromatic rings. The van der Waals surface area contributed by atoms with E-state index in [1.54, 1.807) is 6.20 Å². The predicted octanol–water partition coefficient (Wildman–Crippen LogP) is 1.35. The van der Waals surface area contributed by atoms with E-state index >= 15 is 0 Å². The van der Waals surface area contributed by atoms with Crippen molar-refractivity contribution >= 4 is 29.8 Å². The summed E-state index contributed by atoms with van der Waals surface area (Å²) in [7, 11) is 0. The van der Waals surface area contributed by atoms with Gasteiger partial charge >= 0.3 is 0 Å². The summed E-state index contributed by atoms with van der Waals surface area (Å²) in [5.41, 5.74) is 0. The lowest BCUT2D eigenvalue weighted by molar-refractivity contribution is 0.497. The fourth-order valence-electron chi connectivity index (χ4n) is 1.67. The van der Waals surface area contributed by atoms with Crippen molar-refractivity contribution in [3.05, 3.63) is 17.5 Å². The number of rotatable bonds is 1. The molecule has 0 saturated carbocycles. The first kappa shape index (κ1) is 12.5. The minimum atomic E-state index is 0. The molecule has 1 saturated heterocycles. The van der Waals surface area contributed by atoms with E-state index in [0.29, 0.717) is 11.3 Å². The minimum Gasteiger partial charge on any atom is -0.351 e. The normalized spacial score (nSPS) is 20.9. The molecule has 15 heavy (non-hydrogen) atoms. The zero-order valence-electron chi connectivity index (χ0n) is 8.48. The van der Waals surface area contributed by atoms with Gasteiger partial charge in [-0.05, 0) is 24.6 Å². The number of anilines is 1. The fourth-order valence-corrected chi connectivity index (χ4v) is 1.81. The van der Waals surface area contributed by atoms with Crippen LogP contribution in [0.4, 0.5) is 5.82 Å². The average molecular weight is 249 g/mol. The number of nitrogens with zero attached hydrogens (tertiary/aromatic N) is 3. The molecular formula is C9H14Cl2N4. The Morgan fingerprint density at radius 3 is 3.07 bits per heavy atom. The molecule has 2 rings (SSSR count). The molecule has 1 unspecified atom stereocenters. The molecule has 6 heteroatoms. The summed E-state index contributed by atoms with van der Waals surface area (Å²) in [5.74, 6) is 0.916. The Morgan fingerprint density at radius 1 is 1.60 bits per heavy atom. The maximum atomic E-state index is 5.75. The van der Waals surface area contributed by atoms with E-state index in [1.807, 2.05) is 6.07 Å². The second kappa shape index (κ2) is 5.49. The van der Waals surface area contributed by atoms with Gasteiger partial charge in [0.2, 0.25) is 5.28 Å². The summed E-state index contributed by atoms with van der Waals surface area (Å²) in [6.07, 6.45) is 1.69. The van der Waals surface area contributed by atoms with Gasteiger partial charge in [0.15, 0.2) is 0 Å². The fraction of sp³-hybridized carbons (Fsp3) is 0.556. The van der Waals surface area contributed by atoms with Crippen molar-refractivity contribution in [2.75, 3.05) is 24.5 Å². The molecule has 0 aliphatic carbocycles. The number of hydrogen-bond donors (Lipinski definition) is 1. The van der Waals surface area contributed by atoms with Crippen LogP contribution >= 0.6 is 24.0 Å². The second-order valence-electron chi connectivity index (χ2n) is 3.43. The van der Waals surface area contributed by atoms with Crippen LogP contribution in [0.3, 0.4) is 0 Å².